The molecule has 1 N–H and O–H groups in total. The Morgan fingerprint density at radius 2 is 2.20 bits per heavy atom. The summed E-state index contributed by atoms with van der Waals surface area (Å²) in [5, 5.41) is 11.3. The van der Waals surface area contributed by atoms with Gasteiger partial charge in [0.05, 0.1) is 0 Å². The van der Waals surface area contributed by atoms with Crippen LogP contribution in [0.1, 0.15) is 20.3 Å². The fourth-order valence-electron chi connectivity index (χ4n) is 1.38. The summed E-state index contributed by atoms with van der Waals surface area (Å²) in [5.74, 6) is 0.765. The van der Waals surface area contributed by atoms with E-state index in [1.54, 1.807) is 4.68 Å². The summed E-state index contributed by atoms with van der Waals surface area (Å²) in [6.07, 6.45) is 2.59. The van der Waals surface area contributed by atoms with Crippen LogP contribution in [0, 0.1) is 0 Å². The van der Waals surface area contributed by atoms with Gasteiger partial charge in [-0.15, -0.1) is 5.10 Å². The Labute approximate surface area is 87.7 Å². The average Bonchev–Trinajstić information content (AvgIpc) is 2.69. The predicted octanol–water partition coefficient (Wildman–Crippen LogP) is 1.06. The predicted molar refractivity (Wildman–Crippen MR) is 57.6 cm³/mol. The van der Waals surface area contributed by atoms with Gasteiger partial charge in [0.15, 0.2) is 17.0 Å². The Morgan fingerprint density at radius 1 is 1.33 bits per heavy atom. The molecule has 0 bridgehead atoms. The minimum atomic E-state index is 0.743. The zero-order valence-electron chi connectivity index (χ0n) is 8.93. The molecule has 2 aromatic heterocycles. The summed E-state index contributed by atoms with van der Waals surface area (Å²) in [5.41, 5.74) is 1.53. The lowest BCUT2D eigenvalue weighted by molar-refractivity contribution is 0.641. The molecule has 0 spiro atoms. The molecule has 0 saturated heterocycles. The lowest BCUT2D eigenvalue weighted by Crippen LogP contribution is -2.03. The minimum absolute atomic E-state index is 0.743. The Kier molecular flexibility index (Phi) is 2.75. The zero-order valence-corrected chi connectivity index (χ0v) is 8.93. The normalized spacial score (nSPS) is 10.8. The summed E-state index contributed by atoms with van der Waals surface area (Å²) in [6.45, 7) is 5.76. The monoisotopic (exact) mass is 206 g/mol. The smallest absolute Gasteiger partial charge is 0.183 e. The molecule has 2 heterocycles. The molecule has 2 aromatic rings. The van der Waals surface area contributed by atoms with Crippen molar-refractivity contribution in [2.75, 3.05) is 11.9 Å². The second-order valence-electron chi connectivity index (χ2n) is 3.23. The summed E-state index contributed by atoms with van der Waals surface area (Å²) >= 11 is 0. The molecule has 6 nitrogen and oxygen atoms in total. The van der Waals surface area contributed by atoms with Crippen LogP contribution in [0.15, 0.2) is 6.33 Å². The van der Waals surface area contributed by atoms with Gasteiger partial charge in [-0.05, 0) is 13.3 Å². The maximum Gasteiger partial charge on any atom is 0.183 e. The van der Waals surface area contributed by atoms with Gasteiger partial charge in [-0.3, -0.25) is 0 Å². The molecule has 0 amide bonds. The highest BCUT2D eigenvalue weighted by Crippen LogP contribution is 2.15. The average molecular weight is 206 g/mol. The van der Waals surface area contributed by atoms with Crippen molar-refractivity contribution in [3.63, 3.8) is 0 Å². The van der Waals surface area contributed by atoms with Crippen molar-refractivity contribution in [3.05, 3.63) is 6.33 Å². The van der Waals surface area contributed by atoms with Gasteiger partial charge >= 0.3 is 0 Å². The lowest BCUT2D eigenvalue weighted by Gasteiger charge is -2.02. The molecule has 0 aliphatic heterocycles. The first-order chi connectivity index (χ1) is 7.36. The number of rotatable bonds is 4. The summed E-state index contributed by atoms with van der Waals surface area (Å²) in [6, 6.07) is 0. The van der Waals surface area contributed by atoms with Gasteiger partial charge in [-0.25, -0.2) is 14.6 Å². The van der Waals surface area contributed by atoms with Crippen molar-refractivity contribution < 1.29 is 0 Å². The lowest BCUT2D eigenvalue weighted by atomic mass is 10.4. The summed E-state index contributed by atoms with van der Waals surface area (Å²) in [4.78, 5) is 8.32. The summed E-state index contributed by atoms with van der Waals surface area (Å²) in [7, 11) is 0. The van der Waals surface area contributed by atoms with E-state index >= 15 is 0 Å². The van der Waals surface area contributed by atoms with Crippen LogP contribution in [0.5, 0.6) is 0 Å². The third kappa shape index (κ3) is 1.74. The number of fused-ring (bicyclic) bond motifs is 1. The second kappa shape index (κ2) is 4.20. The van der Waals surface area contributed by atoms with Crippen LogP contribution in [0.25, 0.3) is 11.2 Å². The Morgan fingerprint density at radius 3 is 2.93 bits per heavy atom. The van der Waals surface area contributed by atoms with E-state index in [0.29, 0.717) is 0 Å². The van der Waals surface area contributed by atoms with Crippen molar-refractivity contribution in [2.24, 2.45) is 0 Å². The van der Waals surface area contributed by atoms with E-state index in [4.69, 9.17) is 0 Å². The molecule has 80 valence electrons. The SMILES string of the molecule is CCCNc1ncnc2c1nnn2CC. The molecule has 0 unspecified atom stereocenters. The van der Waals surface area contributed by atoms with Gasteiger partial charge in [0.1, 0.15) is 6.33 Å². The molecule has 0 aromatic carbocycles. The highest BCUT2D eigenvalue weighted by Gasteiger charge is 2.09. The van der Waals surface area contributed by atoms with E-state index in [0.717, 1.165) is 36.5 Å². The van der Waals surface area contributed by atoms with Crippen molar-refractivity contribution >= 4 is 17.0 Å². The molecule has 6 heteroatoms. The van der Waals surface area contributed by atoms with Gasteiger partial charge in [0, 0.05) is 13.1 Å². The third-order valence-electron chi connectivity index (χ3n) is 2.14. The molecule has 0 aliphatic rings. The number of hydrogen-bond donors (Lipinski definition) is 1. The van der Waals surface area contributed by atoms with Gasteiger partial charge in [-0.2, -0.15) is 0 Å². The van der Waals surface area contributed by atoms with E-state index in [9.17, 15) is 0 Å². The van der Waals surface area contributed by atoms with Crippen molar-refractivity contribution in [2.45, 2.75) is 26.8 Å². The standard InChI is InChI=1S/C9H14N6/c1-3-5-10-8-7-9(12-6-11-8)15(4-2)14-13-7/h6H,3-5H2,1-2H3,(H,10,11,12). The molecule has 2 rings (SSSR count). The zero-order chi connectivity index (χ0) is 10.7. The van der Waals surface area contributed by atoms with E-state index in [1.807, 2.05) is 6.92 Å². The molecular formula is C9H14N6. The highest BCUT2D eigenvalue weighted by atomic mass is 15.4. The number of nitrogens with one attached hydrogen (secondary N) is 1. The van der Waals surface area contributed by atoms with Gasteiger partial charge in [0.2, 0.25) is 0 Å². The molecular weight excluding hydrogens is 192 g/mol. The van der Waals surface area contributed by atoms with Crippen LogP contribution in [0.2, 0.25) is 0 Å². The van der Waals surface area contributed by atoms with Crippen molar-refractivity contribution in [1.82, 2.24) is 25.0 Å². The van der Waals surface area contributed by atoms with Crippen LogP contribution >= 0.6 is 0 Å². The van der Waals surface area contributed by atoms with Crippen molar-refractivity contribution in [3.8, 4) is 0 Å². The number of aryl methyl sites for hydroxylation is 1. The first kappa shape index (κ1) is 9.82. The van der Waals surface area contributed by atoms with Crippen LogP contribution < -0.4 is 5.32 Å². The Bertz CT molecular complexity index is 449. The molecule has 0 atom stereocenters. The fourth-order valence-corrected chi connectivity index (χ4v) is 1.38. The molecule has 0 radical (unpaired) electrons. The van der Waals surface area contributed by atoms with Crippen LogP contribution in [-0.4, -0.2) is 31.5 Å². The number of aromatic nitrogens is 5. The maximum atomic E-state index is 4.17. The van der Waals surface area contributed by atoms with Crippen LogP contribution in [0.4, 0.5) is 5.82 Å². The number of hydrogen-bond acceptors (Lipinski definition) is 5. The second-order valence-corrected chi connectivity index (χ2v) is 3.23. The van der Waals surface area contributed by atoms with E-state index in [1.165, 1.54) is 6.33 Å². The first-order valence-electron chi connectivity index (χ1n) is 5.14. The Hall–Kier alpha value is -1.72. The number of nitrogens with zero attached hydrogens (tertiary/aromatic N) is 5. The largest absolute Gasteiger partial charge is 0.368 e. The fraction of sp³-hybridized carbons (Fsp3) is 0.556. The van der Waals surface area contributed by atoms with Crippen LogP contribution in [0.3, 0.4) is 0 Å². The van der Waals surface area contributed by atoms with E-state index < -0.39 is 0 Å². The molecule has 0 fully saturated rings. The highest BCUT2D eigenvalue weighted by molar-refractivity contribution is 5.81. The molecule has 0 aliphatic carbocycles. The summed E-state index contributed by atoms with van der Waals surface area (Å²) < 4.78 is 1.76. The molecule has 15 heavy (non-hydrogen) atoms. The van der Waals surface area contributed by atoms with E-state index in [2.05, 4.69) is 32.5 Å². The quantitative estimate of drug-likeness (QED) is 0.810. The van der Waals surface area contributed by atoms with Gasteiger partial charge in [-0.1, -0.05) is 12.1 Å². The third-order valence-corrected chi connectivity index (χ3v) is 2.14. The Balaban J connectivity index is 2.42. The topological polar surface area (TPSA) is 68.5 Å². The van der Waals surface area contributed by atoms with Crippen molar-refractivity contribution in [1.29, 1.82) is 0 Å². The maximum absolute atomic E-state index is 4.17. The van der Waals surface area contributed by atoms with Gasteiger partial charge in [0.25, 0.3) is 0 Å². The van der Waals surface area contributed by atoms with E-state index in [-0.39, 0.29) is 0 Å². The van der Waals surface area contributed by atoms with Crippen LogP contribution in [-0.2, 0) is 6.54 Å². The number of anilines is 1. The molecule has 0 saturated carbocycles. The minimum Gasteiger partial charge on any atom is -0.368 e. The van der Waals surface area contributed by atoms with Gasteiger partial charge < -0.3 is 5.32 Å². The first-order valence-corrected chi connectivity index (χ1v) is 5.14.